The number of rotatable bonds is 9. The largest absolute Gasteiger partial charge is 0.358 e. The fourth-order valence-electron chi connectivity index (χ4n) is 4.41. The van der Waals surface area contributed by atoms with Gasteiger partial charge in [0.25, 0.3) is 0 Å². The minimum Gasteiger partial charge on any atom is -0.358 e. The zero-order chi connectivity index (χ0) is 29.0. The van der Waals surface area contributed by atoms with Gasteiger partial charge in [-0.1, -0.05) is 57.9 Å². The second kappa shape index (κ2) is 12.0. The van der Waals surface area contributed by atoms with Crippen LogP contribution >= 0.6 is 0 Å². The minimum atomic E-state index is -0.269. The summed E-state index contributed by atoms with van der Waals surface area (Å²) in [6.45, 7) is 22.3. The maximum absolute atomic E-state index is 14.2. The molecule has 3 aromatic heterocycles. The molecule has 3 heterocycles. The molecule has 0 saturated heterocycles. The zero-order valence-electron chi connectivity index (χ0n) is 23.8. The maximum atomic E-state index is 14.2. The molecule has 0 atom stereocenters. The van der Waals surface area contributed by atoms with Crippen LogP contribution < -0.4 is 15.9 Å². The number of benzene rings is 1. The number of nitrogens with zero attached hydrogens (tertiary/aromatic N) is 2. The number of aromatic amines is 2. The third-order valence-corrected chi connectivity index (χ3v) is 6.79. The zero-order valence-corrected chi connectivity index (χ0v) is 23.8. The normalized spacial score (nSPS) is 12.7. The lowest BCUT2D eigenvalue weighted by Crippen LogP contribution is -2.21. The van der Waals surface area contributed by atoms with Crippen LogP contribution in [-0.2, 0) is 0 Å². The highest BCUT2D eigenvalue weighted by Gasteiger charge is 2.15. The Balaban J connectivity index is 1.65. The molecule has 0 saturated carbocycles. The summed E-state index contributed by atoms with van der Waals surface area (Å²) < 4.78 is 14.2. The number of pyridine rings is 1. The molecule has 0 fully saturated rings. The van der Waals surface area contributed by atoms with Gasteiger partial charge in [-0.05, 0) is 84.9 Å². The second-order valence-electron chi connectivity index (χ2n) is 10.3. The molecule has 0 radical (unpaired) electrons. The van der Waals surface area contributed by atoms with Crippen molar-refractivity contribution in [2.75, 3.05) is 5.32 Å². The molecule has 0 unspecified atom stereocenters. The molecule has 0 amide bonds. The molecule has 204 valence electrons. The summed E-state index contributed by atoms with van der Waals surface area (Å²) in [5.41, 5.74) is 9.86. The first-order valence-electron chi connectivity index (χ1n) is 13.2. The Morgan fingerprint density at radius 2 is 1.82 bits per heavy atom. The van der Waals surface area contributed by atoms with Gasteiger partial charge in [-0.25, -0.2) is 4.39 Å². The van der Waals surface area contributed by atoms with E-state index in [0.717, 1.165) is 72.4 Å². The molecule has 40 heavy (non-hydrogen) atoms. The molecule has 0 bridgehead atoms. The van der Waals surface area contributed by atoms with Gasteiger partial charge in [0, 0.05) is 28.4 Å². The molecule has 6 heteroatoms. The van der Waals surface area contributed by atoms with E-state index in [2.05, 4.69) is 65.1 Å². The number of aromatic nitrogens is 4. The summed E-state index contributed by atoms with van der Waals surface area (Å²) in [6, 6.07) is 9.11. The van der Waals surface area contributed by atoms with Gasteiger partial charge in [-0.15, -0.1) is 0 Å². The van der Waals surface area contributed by atoms with Crippen molar-refractivity contribution >= 4 is 29.5 Å². The van der Waals surface area contributed by atoms with Crippen LogP contribution in [0.4, 0.5) is 10.1 Å². The topological polar surface area (TPSA) is 69.4 Å². The lowest BCUT2D eigenvalue weighted by atomic mass is 9.96. The van der Waals surface area contributed by atoms with E-state index in [-0.39, 0.29) is 5.82 Å². The van der Waals surface area contributed by atoms with Crippen molar-refractivity contribution in [3.05, 3.63) is 124 Å². The van der Waals surface area contributed by atoms with Crippen LogP contribution in [0.3, 0.4) is 0 Å². The molecule has 0 aliphatic rings. The summed E-state index contributed by atoms with van der Waals surface area (Å²) in [7, 11) is 0. The first-order chi connectivity index (χ1) is 19.1. The van der Waals surface area contributed by atoms with E-state index in [1.165, 1.54) is 6.07 Å². The molecule has 0 aliphatic carbocycles. The third-order valence-electron chi connectivity index (χ3n) is 6.79. The lowest BCUT2D eigenvalue weighted by molar-refractivity contribution is 0.626. The van der Waals surface area contributed by atoms with Crippen LogP contribution in [0.2, 0.25) is 0 Å². The molecule has 3 N–H and O–H groups in total. The standard InChI is InChI=1S/C34H36FN5/c1-9-10-30(26-13-21(4)14-28(35)15-26)31-17-33(38-25(31)8)34-23(6)32(39-40-34)12-11-22(5)27-16-29(19-36-18-27)37-24(7)20(2)3/h9-20,37-39H,1,6-7H2,2-5,8H3/b22-11+,30-10-,32-12+. The van der Waals surface area contributed by atoms with Gasteiger partial charge in [0.2, 0.25) is 0 Å². The van der Waals surface area contributed by atoms with Crippen LogP contribution in [0.1, 0.15) is 48.7 Å². The number of anilines is 1. The second-order valence-corrected chi connectivity index (χ2v) is 10.3. The number of aryl methyl sites for hydroxylation is 2. The highest BCUT2D eigenvalue weighted by atomic mass is 19.1. The van der Waals surface area contributed by atoms with Crippen molar-refractivity contribution in [2.24, 2.45) is 5.92 Å². The molecule has 4 aromatic rings. The molecule has 0 spiro atoms. The van der Waals surface area contributed by atoms with Gasteiger partial charge < -0.3 is 10.3 Å². The molecule has 1 aromatic carbocycles. The summed E-state index contributed by atoms with van der Waals surface area (Å²) in [5.74, 6) is 0.0578. The van der Waals surface area contributed by atoms with Crippen LogP contribution in [0, 0.1) is 25.6 Å². The van der Waals surface area contributed by atoms with Crippen LogP contribution in [-0.4, -0.2) is 20.2 Å². The Morgan fingerprint density at radius 3 is 2.52 bits per heavy atom. The lowest BCUT2D eigenvalue weighted by Gasteiger charge is -2.13. The predicted octanol–water partition coefficient (Wildman–Crippen LogP) is 7.05. The van der Waals surface area contributed by atoms with Crippen molar-refractivity contribution in [3.8, 4) is 11.4 Å². The molecule has 4 rings (SSSR count). The molecular formula is C34H36FN5. The van der Waals surface area contributed by atoms with E-state index >= 15 is 0 Å². The van der Waals surface area contributed by atoms with Crippen LogP contribution in [0.25, 0.3) is 35.2 Å². The fraction of sp³-hybridized carbons (Fsp3) is 0.176. The van der Waals surface area contributed by atoms with Crippen LogP contribution in [0.5, 0.6) is 0 Å². The van der Waals surface area contributed by atoms with Crippen molar-refractivity contribution in [1.82, 2.24) is 20.2 Å². The summed E-state index contributed by atoms with van der Waals surface area (Å²) in [5, 5.41) is 12.6. The smallest absolute Gasteiger partial charge is 0.124 e. The van der Waals surface area contributed by atoms with Crippen LogP contribution in [0.15, 0.2) is 79.8 Å². The summed E-state index contributed by atoms with van der Waals surface area (Å²) in [4.78, 5) is 7.81. The number of halogens is 1. The highest BCUT2D eigenvalue weighted by molar-refractivity contribution is 5.84. The molecule has 0 aliphatic heterocycles. The summed E-state index contributed by atoms with van der Waals surface area (Å²) >= 11 is 0. The maximum Gasteiger partial charge on any atom is 0.124 e. The first kappa shape index (κ1) is 28.3. The Labute approximate surface area is 235 Å². The van der Waals surface area contributed by atoms with Gasteiger partial charge >= 0.3 is 0 Å². The minimum absolute atomic E-state index is 0.269. The van der Waals surface area contributed by atoms with Gasteiger partial charge in [-0.2, -0.15) is 5.10 Å². The molecular weight excluding hydrogens is 497 g/mol. The van der Waals surface area contributed by atoms with Crippen molar-refractivity contribution in [1.29, 1.82) is 0 Å². The number of allylic oxidation sites excluding steroid dienone is 5. The number of nitrogens with one attached hydrogen (secondary N) is 3. The Kier molecular flexibility index (Phi) is 8.49. The molecule has 5 nitrogen and oxygen atoms in total. The van der Waals surface area contributed by atoms with Gasteiger partial charge in [0.15, 0.2) is 0 Å². The van der Waals surface area contributed by atoms with E-state index in [1.54, 1.807) is 18.3 Å². The number of hydrogen-bond donors (Lipinski definition) is 3. The van der Waals surface area contributed by atoms with Crippen molar-refractivity contribution in [2.45, 2.75) is 34.6 Å². The average Bonchev–Trinajstić information content (AvgIpc) is 3.46. The Bertz CT molecular complexity index is 1730. The quantitative estimate of drug-likeness (QED) is 0.202. The third kappa shape index (κ3) is 6.29. The Hall–Kier alpha value is -4.71. The SMILES string of the molecule is C=C/C=C(/c1cc(C)cc(F)c1)c1cc(-c2n[nH]/c(=C/C=C(\C)c3cncc(NC(=C)C(C)C)c3)c2=C)[nH]c1C. The van der Waals surface area contributed by atoms with E-state index in [4.69, 9.17) is 0 Å². The van der Waals surface area contributed by atoms with Crippen molar-refractivity contribution < 1.29 is 4.39 Å². The summed E-state index contributed by atoms with van der Waals surface area (Å²) in [6.07, 6.45) is 11.2. The van der Waals surface area contributed by atoms with Gasteiger partial charge in [-0.3, -0.25) is 10.1 Å². The average molecular weight is 534 g/mol. The monoisotopic (exact) mass is 533 g/mol. The van der Waals surface area contributed by atoms with Crippen molar-refractivity contribution in [3.63, 3.8) is 0 Å². The number of H-pyrrole nitrogens is 2. The van der Waals surface area contributed by atoms with E-state index in [1.807, 2.05) is 57.3 Å². The van der Waals surface area contributed by atoms with E-state index in [0.29, 0.717) is 5.92 Å². The first-order valence-corrected chi connectivity index (χ1v) is 13.2. The predicted molar refractivity (Wildman–Crippen MR) is 166 cm³/mol. The Morgan fingerprint density at radius 1 is 1.05 bits per heavy atom. The van der Waals surface area contributed by atoms with E-state index in [9.17, 15) is 4.39 Å². The highest BCUT2D eigenvalue weighted by Crippen LogP contribution is 2.30. The number of hydrogen-bond acceptors (Lipinski definition) is 3. The van der Waals surface area contributed by atoms with Gasteiger partial charge in [0.1, 0.15) is 11.5 Å². The fourth-order valence-corrected chi connectivity index (χ4v) is 4.41. The van der Waals surface area contributed by atoms with Gasteiger partial charge in [0.05, 0.1) is 22.9 Å². The van der Waals surface area contributed by atoms with E-state index < -0.39 is 0 Å².